The molecular weight excluding hydrogens is 260 g/mol. The molecule has 0 unspecified atom stereocenters. The van der Waals surface area contributed by atoms with Crippen LogP contribution in [0.4, 0.5) is 0 Å². The Balaban J connectivity index is 1.93. The van der Waals surface area contributed by atoms with Gasteiger partial charge < -0.3 is 4.90 Å². The molecule has 0 spiro atoms. The van der Waals surface area contributed by atoms with Crippen molar-refractivity contribution in [3.05, 3.63) is 16.6 Å². The summed E-state index contributed by atoms with van der Waals surface area (Å²) in [6.45, 7) is 7.15. The quantitative estimate of drug-likeness (QED) is 0.782. The fourth-order valence-corrected chi connectivity index (χ4v) is 2.99. The normalized spacial score (nSPS) is 17.5. The number of carbonyl (C=O) groups excluding carboxylic acids is 2. The molecule has 1 aromatic heterocycles. The Morgan fingerprint density at radius 1 is 1.32 bits per heavy atom. The SMILES string of the molecule is CC(C)(C)C(=O)N1CCC(C(=O)c2nccs2)CC1. The van der Waals surface area contributed by atoms with Crippen molar-refractivity contribution >= 4 is 23.0 Å². The first-order valence-corrected chi connectivity index (χ1v) is 7.50. The zero-order valence-corrected chi connectivity index (χ0v) is 12.5. The molecule has 0 aliphatic carbocycles. The maximum Gasteiger partial charge on any atom is 0.227 e. The van der Waals surface area contributed by atoms with Crippen LogP contribution in [0, 0.1) is 11.3 Å². The second kappa shape index (κ2) is 5.41. The van der Waals surface area contributed by atoms with Crippen LogP contribution in [0.3, 0.4) is 0 Å². The van der Waals surface area contributed by atoms with Crippen molar-refractivity contribution < 1.29 is 9.59 Å². The third kappa shape index (κ3) is 3.21. The van der Waals surface area contributed by atoms with Gasteiger partial charge in [0.15, 0.2) is 10.8 Å². The number of aromatic nitrogens is 1. The number of ketones is 1. The van der Waals surface area contributed by atoms with Gasteiger partial charge in [0.05, 0.1) is 0 Å². The Morgan fingerprint density at radius 3 is 2.42 bits per heavy atom. The van der Waals surface area contributed by atoms with Gasteiger partial charge in [0.1, 0.15) is 0 Å². The van der Waals surface area contributed by atoms with Crippen molar-refractivity contribution in [2.24, 2.45) is 11.3 Å². The fourth-order valence-electron chi connectivity index (χ4n) is 2.34. The summed E-state index contributed by atoms with van der Waals surface area (Å²) in [4.78, 5) is 30.3. The van der Waals surface area contributed by atoms with Gasteiger partial charge in [0.25, 0.3) is 0 Å². The molecule has 0 bridgehead atoms. The highest BCUT2D eigenvalue weighted by Crippen LogP contribution is 2.26. The van der Waals surface area contributed by atoms with Gasteiger partial charge in [0.2, 0.25) is 5.91 Å². The van der Waals surface area contributed by atoms with Crippen LogP contribution >= 0.6 is 11.3 Å². The van der Waals surface area contributed by atoms with Crippen molar-refractivity contribution in [1.29, 1.82) is 0 Å². The summed E-state index contributed by atoms with van der Waals surface area (Å²) >= 11 is 1.39. The lowest BCUT2D eigenvalue weighted by Gasteiger charge is -2.35. The van der Waals surface area contributed by atoms with Crippen LogP contribution in [0.15, 0.2) is 11.6 Å². The first-order chi connectivity index (χ1) is 8.89. The van der Waals surface area contributed by atoms with Crippen LogP contribution in [-0.4, -0.2) is 34.7 Å². The topological polar surface area (TPSA) is 50.3 Å². The second-order valence-electron chi connectivity index (χ2n) is 6.02. The van der Waals surface area contributed by atoms with E-state index in [1.54, 1.807) is 6.20 Å². The first-order valence-electron chi connectivity index (χ1n) is 6.62. The van der Waals surface area contributed by atoms with Gasteiger partial charge >= 0.3 is 0 Å². The fraction of sp³-hybridized carbons (Fsp3) is 0.643. The minimum Gasteiger partial charge on any atom is -0.342 e. The zero-order valence-electron chi connectivity index (χ0n) is 11.7. The number of thiazole rings is 1. The number of piperidine rings is 1. The minimum atomic E-state index is -0.341. The Morgan fingerprint density at radius 2 is 1.95 bits per heavy atom. The monoisotopic (exact) mass is 280 g/mol. The summed E-state index contributed by atoms with van der Waals surface area (Å²) in [6.07, 6.45) is 3.16. The Kier molecular flexibility index (Phi) is 4.04. The van der Waals surface area contributed by atoms with E-state index in [2.05, 4.69) is 4.98 Å². The van der Waals surface area contributed by atoms with Gasteiger partial charge in [-0.25, -0.2) is 4.98 Å². The van der Waals surface area contributed by atoms with Crippen molar-refractivity contribution in [1.82, 2.24) is 9.88 Å². The van der Waals surface area contributed by atoms with Crippen molar-refractivity contribution in [3.63, 3.8) is 0 Å². The van der Waals surface area contributed by atoms with Gasteiger partial charge in [-0.15, -0.1) is 11.3 Å². The lowest BCUT2D eigenvalue weighted by Crippen LogP contribution is -2.45. The van der Waals surface area contributed by atoms with E-state index in [1.807, 2.05) is 31.1 Å². The van der Waals surface area contributed by atoms with Gasteiger partial charge in [-0.2, -0.15) is 0 Å². The molecule has 1 fully saturated rings. The molecule has 104 valence electrons. The highest BCUT2D eigenvalue weighted by molar-refractivity contribution is 7.11. The lowest BCUT2D eigenvalue weighted by molar-refractivity contribution is -0.140. The van der Waals surface area contributed by atoms with E-state index in [0.717, 1.165) is 12.8 Å². The largest absolute Gasteiger partial charge is 0.342 e. The standard InChI is InChI=1S/C14H20N2O2S/c1-14(2,3)13(18)16-7-4-10(5-8-16)11(17)12-15-6-9-19-12/h6,9-10H,4-5,7-8H2,1-3H3. The molecule has 0 aromatic carbocycles. The van der Waals surface area contributed by atoms with Crippen LogP contribution in [0.25, 0.3) is 0 Å². The number of amides is 1. The van der Waals surface area contributed by atoms with Gasteiger partial charge in [-0.1, -0.05) is 20.8 Å². The highest BCUT2D eigenvalue weighted by Gasteiger charge is 2.33. The molecule has 19 heavy (non-hydrogen) atoms. The van der Waals surface area contributed by atoms with E-state index in [-0.39, 0.29) is 23.0 Å². The Hall–Kier alpha value is -1.23. The number of rotatable bonds is 2. The summed E-state index contributed by atoms with van der Waals surface area (Å²) in [5, 5.41) is 2.42. The zero-order chi connectivity index (χ0) is 14.0. The molecule has 1 aliphatic heterocycles. The van der Waals surface area contributed by atoms with Gasteiger partial charge in [-0.3, -0.25) is 9.59 Å². The molecule has 1 aromatic rings. The van der Waals surface area contributed by atoms with Gasteiger partial charge in [-0.05, 0) is 12.8 Å². The van der Waals surface area contributed by atoms with Crippen molar-refractivity contribution in [2.75, 3.05) is 13.1 Å². The maximum absolute atomic E-state index is 12.2. The van der Waals surface area contributed by atoms with Crippen LogP contribution < -0.4 is 0 Å². The molecule has 0 saturated carbocycles. The summed E-state index contributed by atoms with van der Waals surface area (Å²) in [5.41, 5.74) is -0.341. The Labute approximate surface area is 117 Å². The number of likely N-dealkylation sites (tertiary alicyclic amines) is 1. The van der Waals surface area contributed by atoms with E-state index < -0.39 is 0 Å². The molecule has 4 nitrogen and oxygen atoms in total. The second-order valence-corrected chi connectivity index (χ2v) is 6.91. The molecule has 5 heteroatoms. The minimum absolute atomic E-state index is 0.0233. The van der Waals surface area contributed by atoms with E-state index in [9.17, 15) is 9.59 Å². The number of carbonyl (C=O) groups is 2. The molecule has 0 radical (unpaired) electrons. The molecule has 1 amide bonds. The highest BCUT2D eigenvalue weighted by atomic mass is 32.1. The van der Waals surface area contributed by atoms with Crippen LogP contribution in [0.2, 0.25) is 0 Å². The lowest BCUT2D eigenvalue weighted by atomic mass is 9.89. The van der Waals surface area contributed by atoms with Gasteiger partial charge in [0, 0.05) is 36.0 Å². The number of nitrogens with zero attached hydrogens (tertiary/aromatic N) is 2. The third-order valence-corrected chi connectivity index (χ3v) is 4.23. The number of hydrogen-bond acceptors (Lipinski definition) is 4. The van der Waals surface area contributed by atoms with E-state index in [4.69, 9.17) is 0 Å². The smallest absolute Gasteiger partial charge is 0.227 e. The van der Waals surface area contributed by atoms with Crippen LogP contribution in [0.1, 0.15) is 43.4 Å². The summed E-state index contributed by atoms with van der Waals surface area (Å²) in [5.74, 6) is 0.334. The van der Waals surface area contributed by atoms with Crippen molar-refractivity contribution in [3.8, 4) is 0 Å². The molecule has 0 N–H and O–H groups in total. The van der Waals surface area contributed by atoms with E-state index in [0.29, 0.717) is 18.1 Å². The molecule has 0 atom stereocenters. The predicted molar refractivity (Wildman–Crippen MR) is 75.2 cm³/mol. The first kappa shape index (κ1) is 14.2. The molecule has 2 rings (SSSR count). The molecule has 1 saturated heterocycles. The average molecular weight is 280 g/mol. The molecule has 2 heterocycles. The molecule has 1 aliphatic rings. The average Bonchev–Trinajstić information content (AvgIpc) is 2.90. The van der Waals surface area contributed by atoms with E-state index in [1.165, 1.54) is 11.3 Å². The molecular formula is C14H20N2O2S. The van der Waals surface area contributed by atoms with Crippen LogP contribution in [0.5, 0.6) is 0 Å². The summed E-state index contributed by atoms with van der Waals surface area (Å²) < 4.78 is 0. The Bertz CT molecular complexity index is 454. The summed E-state index contributed by atoms with van der Waals surface area (Å²) in [7, 11) is 0. The van der Waals surface area contributed by atoms with Crippen molar-refractivity contribution in [2.45, 2.75) is 33.6 Å². The maximum atomic E-state index is 12.2. The van der Waals surface area contributed by atoms with Crippen LogP contribution in [-0.2, 0) is 4.79 Å². The summed E-state index contributed by atoms with van der Waals surface area (Å²) in [6, 6.07) is 0. The predicted octanol–water partition coefficient (Wildman–Crippen LogP) is 2.61. The number of Topliss-reactive ketones (excluding diaryl/α,β-unsaturated/α-hetero) is 1. The number of hydrogen-bond donors (Lipinski definition) is 0. The van der Waals surface area contributed by atoms with E-state index >= 15 is 0 Å². The third-order valence-electron chi connectivity index (χ3n) is 3.44.